The van der Waals surface area contributed by atoms with Gasteiger partial charge in [0.1, 0.15) is 6.67 Å². The number of carboxylic acids is 1. The fourth-order valence-corrected chi connectivity index (χ4v) is 2.12. The van der Waals surface area contributed by atoms with E-state index in [1.54, 1.807) is 17.0 Å². The van der Waals surface area contributed by atoms with Gasteiger partial charge in [0.2, 0.25) is 5.91 Å². The SMILES string of the molecule is O=C(NC(CF)C(=O)O)c1ccc(N2CCCC2=O)cc1. The molecular weight excluding hydrogens is 279 g/mol. The number of amides is 2. The lowest BCUT2D eigenvalue weighted by Crippen LogP contribution is -2.42. The summed E-state index contributed by atoms with van der Waals surface area (Å²) in [5, 5.41) is 10.8. The molecule has 1 unspecified atom stereocenters. The molecule has 1 saturated heterocycles. The Hall–Kier alpha value is -2.44. The summed E-state index contributed by atoms with van der Waals surface area (Å²) in [6, 6.07) is 4.63. The van der Waals surface area contributed by atoms with Crippen LogP contribution in [0, 0.1) is 0 Å². The quantitative estimate of drug-likeness (QED) is 0.847. The van der Waals surface area contributed by atoms with Crippen LogP contribution in [-0.2, 0) is 9.59 Å². The van der Waals surface area contributed by atoms with Gasteiger partial charge in [0.25, 0.3) is 5.91 Å². The van der Waals surface area contributed by atoms with Crippen LogP contribution in [-0.4, -0.2) is 42.2 Å². The number of carbonyl (C=O) groups is 3. The highest BCUT2D eigenvalue weighted by molar-refractivity contribution is 5.98. The van der Waals surface area contributed by atoms with Gasteiger partial charge in [-0.25, -0.2) is 9.18 Å². The summed E-state index contributed by atoms with van der Waals surface area (Å²) < 4.78 is 12.5. The topological polar surface area (TPSA) is 86.7 Å². The van der Waals surface area contributed by atoms with Gasteiger partial charge in [-0.2, -0.15) is 0 Å². The average molecular weight is 294 g/mol. The number of halogens is 1. The lowest BCUT2D eigenvalue weighted by Gasteiger charge is -2.16. The van der Waals surface area contributed by atoms with Gasteiger partial charge in [-0.3, -0.25) is 9.59 Å². The summed E-state index contributed by atoms with van der Waals surface area (Å²) in [6.07, 6.45) is 1.32. The standard InChI is InChI=1S/C14H15FN2O4/c15-8-11(14(20)21)16-13(19)9-3-5-10(6-4-9)17-7-1-2-12(17)18/h3-6,11H,1-2,7-8H2,(H,16,19)(H,20,21). The van der Waals surface area contributed by atoms with Gasteiger partial charge in [0.05, 0.1) is 0 Å². The Morgan fingerprint density at radius 2 is 2.00 bits per heavy atom. The molecule has 1 aromatic rings. The molecule has 6 nitrogen and oxygen atoms in total. The van der Waals surface area contributed by atoms with Crippen LogP contribution in [0.25, 0.3) is 0 Å². The molecule has 2 rings (SSSR count). The van der Waals surface area contributed by atoms with E-state index in [2.05, 4.69) is 5.32 Å². The fourth-order valence-electron chi connectivity index (χ4n) is 2.12. The number of carboxylic acid groups (broad SMARTS) is 1. The van der Waals surface area contributed by atoms with Crippen LogP contribution < -0.4 is 10.2 Å². The molecule has 0 spiro atoms. The van der Waals surface area contributed by atoms with Gasteiger partial charge in [0.15, 0.2) is 6.04 Å². The molecule has 1 atom stereocenters. The summed E-state index contributed by atoms with van der Waals surface area (Å²) in [4.78, 5) is 35.7. The Morgan fingerprint density at radius 1 is 1.33 bits per heavy atom. The van der Waals surface area contributed by atoms with Crippen molar-refractivity contribution in [1.29, 1.82) is 0 Å². The third kappa shape index (κ3) is 3.36. The summed E-state index contributed by atoms with van der Waals surface area (Å²) in [5.41, 5.74) is 0.902. The summed E-state index contributed by atoms with van der Waals surface area (Å²) in [5.74, 6) is -2.06. The number of alkyl halides is 1. The van der Waals surface area contributed by atoms with Crippen molar-refractivity contribution in [3.8, 4) is 0 Å². The van der Waals surface area contributed by atoms with Crippen molar-refractivity contribution in [2.75, 3.05) is 18.1 Å². The number of rotatable bonds is 5. The zero-order valence-electron chi connectivity index (χ0n) is 11.2. The smallest absolute Gasteiger partial charge is 0.328 e. The highest BCUT2D eigenvalue weighted by Crippen LogP contribution is 2.21. The second-order valence-corrected chi connectivity index (χ2v) is 4.71. The average Bonchev–Trinajstić information content (AvgIpc) is 2.90. The van der Waals surface area contributed by atoms with Crippen LogP contribution >= 0.6 is 0 Å². The lowest BCUT2D eigenvalue weighted by atomic mass is 10.1. The zero-order valence-corrected chi connectivity index (χ0v) is 11.2. The maximum absolute atomic E-state index is 12.5. The van der Waals surface area contributed by atoms with Crippen LogP contribution in [0.15, 0.2) is 24.3 Å². The second kappa shape index (κ2) is 6.34. The van der Waals surface area contributed by atoms with Crippen molar-refractivity contribution >= 4 is 23.5 Å². The largest absolute Gasteiger partial charge is 0.480 e. The summed E-state index contributed by atoms with van der Waals surface area (Å²) in [6.45, 7) is -0.533. The molecule has 1 heterocycles. The van der Waals surface area contributed by atoms with Crippen LogP contribution in [0.5, 0.6) is 0 Å². The molecule has 0 aliphatic carbocycles. The van der Waals surface area contributed by atoms with Crippen molar-refractivity contribution in [3.63, 3.8) is 0 Å². The number of anilines is 1. The fraction of sp³-hybridized carbons (Fsp3) is 0.357. The van der Waals surface area contributed by atoms with Gasteiger partial charge in [0, 0.05) is 24.2 Å². The van der Waals surface area contributed by atoms with Gasteiger partial charge in [-0.15, -0.1) is 0 Å². The molecule has 1 fully saturated rings. The van der Waals surface area contributed by atoms with Gasteiger partial charge < -0.3 is 15.3 Å². The molecule has 112 valence electrons. The molecule has 0 saturated carbocycles. The third-order valence-corrected chi connectivity index (χ3v) is 3.27. The van der Waals surface area contributed by atoms with E-state index in [1.165, 1.54) is 12.1 Å². The van der Waals surface area contributed by atoms with Crippen molar-refractivity contribution in [3.05, 3.63) is 29.8 Å². The van der Waals surface area contributed by atoms with E-state index in [-0.39, 0.29) is 11.5 Å². The Morgan fingerprint density at radius 3 is 2.48 bits per heavy atom. The Balaban J connectivity index is 2.06. The minimum Gasteiger partial charge on any atom is -0.480 e. The van der Waals surface area contributed by atoms with Crippen molar-refractivity contribution < 1.29 is 23.9 Å². The molecule has 0 aromatic heterocycles. The summed E-state index contributed by atoms with van der Waals surface area (Å²) in [7, 11) is 0. The number of nitrogens with zero attached hydrogens (tertiary/aromatic N) is 1. The van der Waals surface area contributed by atoms with E-state index in [4.69, 9.17) is 5.11 Å². The first-order valence-corrected chi connectivity index (χ1v) is 6.53. The molecule has 0 bridgehead atoms. The van der Waals surface area contributed by atoms with Crippen molar-refractivity contribution in [1.82, 2.24) is 5.32 Å². The maximum atomic E-state index is 12.5. The Labute approximate surface area is 120 Å². The molecule has 2 N–H and O–H groups in total. The maximum Gasteiger partial charge on any atom is 0.328 e. The highest BCUT2D eigenvalue weighted by Gasteiger charge is 2.23. The number of carbonyl (C=O) groups excluding carboxylic acids is 2. The number of hydrogen-bond donors (Lipinski definition) is 2. The first kappa shape index (κ1) is 15.0. The van der Waals surface area contributed by atoms with E-state index in [9.17, 15) is 18.8 Å². The van der Waals surface area contributed by atoms with Gasteiger partial charge in [-0.05, 0) is 30.7 Å². The predicted octanol–water partition coefficient (Wildman–Crippen LogP) is 0.966. The minimum absolute atomic E-state index is 0.0376. The van der Waals surface area contributed by atoms with Crippen LogP contribution in [0.4, 0.5) is 10.1 Å². The number of hydrogen-bond acceptors (Lipinski definition) is 3. The van der Waals surface area contributed by atoms with E-state index in [1.807, 2.05) is 0 Å². The van der Waals surface area contributed by atoms with E-state index < -0.39 is 24.6 Å². The van der Waals surface area contributed by atoms with E-state index in [0.717, 1.165) is 6.42 Å². The first-order valence-electron chi connectivity index (χ1n) is 6.53. The minimum atomic E-state index is -1.56. The molecule has 1 aromatic carbocycles. The van der Waals surface area contributed by atoms with E-state index >= 15 is 0 Å². The van der Waals surface area contributed by atoms with Gasteiger partial charge >= 0.3 is 5.97 Å². The molecule has 1 aliphatic rings. The molecule has 21 heavy (non-hydrogen) atoms. The highest BCUT2D eigenvalue weighted by atomic mass is 19.1. The third-order valence-electron chi connectivity index (χ3n) is 3.27. The van der Waals surface area contributed by atoms with Crippen LogP contribution in [0.2, 0.25) is 0 Å². The predicted molar refractivity (Wildman–Crippen MR) is 72.9 cm³/mol. The molecular formula is C14H15FN2O4. The molecule has 1 aliphatic heterocycles. The van der Waals surface area contributed by atoms with E-state index in [0.29, 0.717) is 18.7 Å². The lowest BCUT2D eigenvalue weighted by molar-refractivity contribution is -0.139. The second-order valence-electron chi connectivity index (χ2n) is 4.71. The Bertz CT molecular complexity index is 559. The normalized spacial score (nSPS) is 15.9. The number of nitrogens with one attached hydrogen (secondary N) is 1. The number of aliphatic carboxylic acids is 1. The van der Waals surface area contributed by atoms with Crippen molar-refractivity contribution in [2.24, 2.45) is 0 Å². The van der Waals surface area contributed by atoms with Gasteiger partial charge in [-0.1, -0.05) is 0 Å². The molecule has 0 radical (unpaired) electrons. The van der Waals surface area contributed by atoms with Crippen molar-refractivity contribution in [2.45, 2.75) is 18.9 Å². The number of benzene rings is 1. The zero-order chi connectivity index (χ0) is 15.4. The Kier molecular flexibility index (Phi) is 4.52. The molecule has 2 amide bonds. The van der Waals surface area contributed by atoms with Crippen LogP contribution in [0.3, 0.4) is 0 Å². The summed E-state index contributed by atoms with van der Waals surface area (Å²) >= 11 is 0. The molecule has 7 heteroatoms. The monoisotopic (exact) mass is 294 g/mol. The first-order chi connectivity index (χ1) is 10.0. The van der Waals surface area contributed by atoms with Crippen LogP contribution in [0.1, 0.15) is 23.2 Å².